The molecule has 0 saturated carbocycles. The number of ether oxygens (including phenoxy) is 2. The molecular weight excluding hydrogens is 535 g/mol. The number of rotatable bonds is 9. The number of aromatic nitrogens is 4. The molecule has 2 aliphatic rings. The van der Waals surface area contributed by atoms with E-state index in [-0.39, 0.29) is 18.4 Å². The first-order valence-corrected chi connectivity index (χ1v) is 13.8. The molecule has 11 heteroatoms. The predicted octanol–water partition coefficient (Wildman–Crippen LogP) is 4.47. The van der Waals surface area contributed by atoms with Gasteiger partial charge in [0.25, 0.3) is 5.91 Å². The van der Waals surface area contributed by atoms with Crippen molar-refractivity contribution in [3.63, 3.8) is 0 Å². The zero-order valence-electron chi connectivity index (χ0n) is 21.9. The molecule has 9 nitrogen and oxygen atoms in total. The number of imidazole rings is 1. The van der Waals surface area contributed by atoms with Gasteiger partial charge in [0.05, 0.1) is 36.4 Å². The van der Waals surface area contributed by atoms with Crippen molar-refractivity contribution >= 4 is 28.5 Å². The van der Waals surface area contributed by atoms with Crippen LogP contribution in [0.2, 0.25) is 5.02 Å². The molecule has 2 saturated heterocycles. The molecule has 1 amide bonds. The molecule has 2 fully saturated rings. The van der Waals surface area contributed by atoms with E-state index in [9.17, 15) is 9.18 Å². The summed E-state index contributed by atoms with van der Waals surface area (Å²) in [4.78, 5) is 27.9. The molecule has 5 heterocycles. The summed E-state index contributed by atoms with van der Waals surface area (Å²) in [6.45, 7) is 4.03. The van der Waals surface area contributed by atoms with Crippen LogP contribution >= 0.6 is 11.6 Å². The number of piperidine rings is 1. The Morgan fingerprint density at radius 1 is 1.15 bits per heavy atom. The van der Waals surface area contributed by atoms with Gasteiger partial charge in [0.15, 0.2) is 0 Å². The highest BCUT2D eigenvalue weighted by molar-refractivity contribution is 6.30. The highest BCUT2D eigenvalue weighted by Gasteiger charge is 2.26. The largest absolute Gasteiger partial charge is 0.473 e. The number of nitrogens with zero attached hydrogens (tertiary/aromatic N) is 5. The van der Waals surface area contributed by atoms with E-state index in [1.807, 2.05) is 12.1 Å². The molecule has 0 aliphatic carbocycles. The van der Waals surface area contributed by atoms with Crippen molar-refractivity contribution in [3.05, 3.63) is 82.3 Å². The fraction of sp³-hybridized carbons (Fsp3) is 0.379. The minimum Gasteiger partial charge on any atom is -0.473 e. The van der Waals surface area contributed by atoms with Crippen molar-refractivity contribution in [1.82, 2.24) is 24.4 Å². The van der Waals surface area contributed by atoms with Crippen LogP contribution in [0.1, 0.15) is 52.8 Å². The van der Waals surface area contributed by atoms with Gasteiger partial charge < -0.3 is 19.8 Å². The van der Waals surface area contributed by atoms with Crippen molar-refractivity contribution < 1.29 is 18.7 Å². The van der Waals surface area contributed by atoms with Gasteiger partial charge in [0.2, 0.25) is 5.88 Å². The van der Waals surface area contributed by atoms with Crippen molar-refractivity contribution in [2.24, 2.45) is 5.73 Å². The van der Waals surface area contributed by atoms with Gasteiger partial charge in [-0.15, -0.1) is 0 Å². The van der Waals surface area contributed by atoms with E-state index in [0.29, 0.717) is 41.0 Å². The lowest BCUT2D eigenvalue weighted by Gasteiger charge is -2.32. The molecule has 0 spiro atoms. The number of carbonyl (C=O) groups is 1. The number of hydrogen-bond acceptors (Lipinski definition) is 7. The number of carbonyl (C=O) groups excluding carboxylic acids is 1. The van der Waals surface area contributed by atoms with Gasteiger partial charge in [-0.25, -0.2) is 19.3 Å². The number of hydrogen-bond donors (Lipinski definition) is 1. The molecule has 0 radical (unpaired) electrons. The fourth-order valence-electron chi connectivity index (χ4n) is 5.28. The van der Waals surface area contributed by atoms with Crippen LogP contribution in [0.3, 0.4) is 0 Å². The van der Waals surface area contributed by atoms with Crippen LogP contribution in [0.15, 0.2) is 48.7 Å². The Hall–Kier alpha value is -3.60. The normalized spacial score (nSPS) is 18.1. The lowest BCUT2D eigenvalue weighted by Crippen LogP contribution is -2.35. The molecule has 1 aromatic carbocycles. The average molecular weight is 565 g/mol. The summed E-state index contributed by atoms with van der Waals surface area (Å²) in [6.07, 6.45) is 4.75. The van der Waals surface area contributed by atoms with Crippen LogP contribution in [0, 0.1) is 5.82 Å². The van der Waals surface area contributed by atoms with Crippen molar-refractivity contribution in [3.8, 4) is 5.88 Å². The van der Waals surface area contributed by atoms with Gasteiger partial charge in [0, 0.05) is 34.9 Å². The van der Waals surface area contributed by atoms with E-state index >= 15 is 0 Å². The second-order valence-electron chi connectivity index (χ2n) is 10.3. The van der Waals surface area contributed by atoms with Crippen LogP contribution in [0.25, 0.3) is 11.0 Å². The quantitative estimate of drug-likeness (QED) is 0.319. The molecule has 2 aliphatic heterocycles. The summed E-state index contributed by atoms with van der Waals surface area (Å²) < 4.78 is 27.8. The van der Waals surface area contributed by atoms with Gasteiger partial charge >= 0.3 is 0 Å². The first-order valence-electron chi connectivity index (χ1n) is 13.5. The van der Waals surface area contributed by atoms with Gasteiger partial charge in [-0.2, -0.15) is 0 Å². The topological polar surface area (TPSA) is 108 Å². The molecule has 1 atom stereocenters. The highest BCUT2D eigenvalue weighted by atomic mass is 35.5. The molecule has 0 bridgehead atoms. The average Bonchev–Trinajstić information content (AvgIpc) is 3.26. The summed E-state index contributed by atoms with van der Waals surface area (Å²) in [5.74, 6) is 0.744. The lowest BCUT2D eigenvalue weighted by molar-refractivity contribution is -0.0592. The summed E-state index contributed by atoms with van der Waals surface area (Å²) in [6, 6.07) is 12.0. The van der Waals surface area contributed by atoms with E-state index in [2.05, 4.69) is 14.5 Å². The molecule has 3 aromatic heterocycles. The van der Waals surface area contributed by atoms with Gasteiger partial charge in [-0.3, -0.25) is 9.69 Å². The van der Waals surface area contributed by atoms with Crippen LogP contribution in [0.4, 0.5) is 4.39 Å². The summed E-state index contributed by atoms with van der Waals surface area (Å²) >= 11 is 5.84. The third kappa shape index (κ3) is 5.79. The minimum absolute atomic E-state index is 0.0846. The maximum absolute atomic E-state index is 14.1. The Balaban J connectivity index is 1.11. The lowest BCUT2D eigenvalue weighted by atomic mass is 9.93. The zero-order chi connectivity index (χ0) is 27.6. The van der Waals surface area contributed by atoms with E-state index in [1.165, 1.54) is 6.07 Å². The Bertz CT molecular complexity index is 1530. The molecule has 208 valence electrons. The molecule has 40 heavy (non-hydrogen) atoms. The number of amides is 1. The zero-order valence-corrected chi connectivity index (χ0v) is 22.7. The van der Waals surface area contributed by atoms with Crippen molar-refractivity contribution in [2.75, 3.05) is 19.7 Å². The van der Waals surface area contributed by atoms with Gasteiger partial charge in [-0.05, 0) is 56.6 Å². The second kappa shape index (κ2) is 11.5. The second-order valence-corrected chi connectivity index (χ2v) is 10.8. The van der Waals surface area contributed by atoms with Crippen LogP contribution in [0.5, 0.6) is 5.88 Å². The van der Waals surface area contributed by atoms with Crippen molar-refractivity contribution in [2.45, 2.75) is 51.0 Å². The number of nitrogens with two attached hydrogens (primary N) is 1. The monoisotopic (exact) mass is 564 g/mol. The third-order valence-electron chi connectivity index (χ3n) is 7.65. The van der Waals surface area contributed by atoms with E-state index < -0.39 is 11.7 Å². The van der Waals surface area contributed by atoms with E-state index in [4.69, 9.17) is 36.8 Å². The van der Waals surface area contributed by atoms with Crippen LogP contribution in [-0.2, 0) is 24.4 Å². The maximum Gasteiger partial charge on any atom is 0.267 e. The third-order valence-corrected chi connectivity index (χ3v) is 7.89. The fourth-order valence-corrected chi connectivity index (χ4v) is 5.44. The highest BCUT2D eigenvalue weighted by Crippen LogP contribution is 2.30. The van der Waals surface area contributed by atoms with E-state index in [0.717, 1.165) is 56.0 Å². The number of primary amides is 1. The van der Waals surface area contributed by atoms with E-state index in [1.54, 1.807) is 30.5 Å². The number of halogens is 2. The number of fused-ring (bicyclic) bond motifs is 1. The first kappa shape index (κ1) is 26.6. The van der Waals surface area contributed by atoms with Crippen LogP contribution in [-0.4, -0.2) is 56.1 Å². The molecular formula is C29H30ClFN6O3. The summed E-state index contributed by atoms with van der Waals surface area (Å²) in [5.41, 5.74) is 8.65. The standard InChI is InChI=1S/C29H30ClFN6O3/c30-20-5-4-19(22(31)12-20)17-40-28-3-1-2-23(35-28)18-6-9-36(10-7-18)16-27-34-24-13-25(29(32)38)33-14-26(24)37(27)15-21-8-11-39-21/h1-5,12-14,18,21H,6-11,15-17H2,(H2,32,38)/t21-/m0/s1. The number of pyridine rings is 2. The minimum atomic E-state index is -0.567. The maximum atomic E-state index is 14.1. The molecule has 2 N–H and O–H groups in total. The summed E-state index contributed by atoms with van der Waals surface area (Å²) in [7, 11) is 0. The van der Waals surface area contributed by atoms with Crippen molar-refractivity contribution in [1.29, 1.82) is 0 Å². The van der Waals surface area contributed by atoms with Crippen LogP contribution < -0.4 is 10.5 Å². The Kier molecular flexibility index (Phi) is 7.64. The first-order chi connectivity index (χ1) is 19.4. The number of likely N-dealkylation sites (tertiary alicyclic amines) is 1. The van der Waals surface area contributed by atoms with Gasteiger partial charge in [0.1, 0.15) is 23.9 Å². The number of benzene rings is 1. The summed E-state index contributed by atoms with van der Waals surface area (Å²) in [5, 5.41) is 0.353. The Morgan fingerprint density at radius 3 is 2.70 bits per heavy atom. The predicted molar refractivity (Wildman–Crippen MR) is 148 cm³/mol. The van der Waals surface area contributed by atoms with Gasteiger partial charge in [-0.1, -0.05) is 23.7 Å². The molecule has 0 unspecified atom stereocenters. The SMILES string of the molecule is NC(=O)c1cc2nc(CN3CCC(c4cccc(OCc5ccc(Cl)cc5F)n4)CC3)n(C[C@@H]3CCO3)c2cn1. The Labute approximate surface area is 236 Å². The smallest absolute Gasteiger partial charge is 0.267 e. The molecule has 4 aromatic rings. The Morgan fingerprint density at radius 2 is 1.98 bits per heavy atom. The molecule has 6 rings (SSSR count).